The highest BCUT2D eigenvalue weighted by molar-refractivity contribution is 5.96. The Morgan fingerprint density at radius 2 is 1.96 bits per heavy atom. The molecule has 1 aliphatic rings. The van der Waals surface area contributed by atoms with Crippen LogP contribution in [0.4, 0.5) is 5.69 Å². The molecule has 1 atom stereocenters. The minimum absolute atomic E-state index is 0. The lowest BCUT2D eigenvalue weighted by Crippen LogP contribution is -2.26. The summed E-state index contributed by atoms with van der Waals surface area (Å²) >= 11 is 0. The van der Waals surface area contributed by atoms with Crippen LogP contribution in [0.1, 0.15) is 17.9 Å². The second-order valence-electron chi connectivity index (χ2n) is 5.38. The molecule has 1 aliphatic heterocycles. The third-order valence-electron chi connectivity index (χ3n) is 3.78. The largest absolute Gasteiger partial charge is 0.493 e. The van der Waals surface area contributed by atoms with Crippen LogP contribution in [0.2, 0.25) is 0 Å². The topological polar surface area (TPSA) is 73.6 Å². The van der Waals surface area contributed by atoms with Gasteiger partial charge in [-0.1, -0.05) is 18.2 Å². The van der Waals surface area contributed by atoms with E-state index in [1.54, 1.807) is 0 Å². The van der Waals surface area contributed by atoms with Crippen molar-refractivity contribution < 1.29 is 14.3 Å². The number of fused-ring (bicyclic) bond motifs is 1. The van der Waals surface area contributed by atoms with Crippen LogP contribution in [0.15, 0.2) is 48.5 Å². The molecule has 3 N–H and O–H groups in total. The van der Waals surface area contributed by atoms with Crippen molar-refractivity contribution in [2.75, 3.05) is 25.1 Å². The highest BCUT2D eigenvalue weighted by Gasteiger charge is 2.27. The number of carbonyl (C=O) groups is 1. The Morgan fingerprint density at radius 1 is 1.21 bits per heavy atom. The van der Waals surface area contributed by atoms with E-state index in [0.717, 1.165) is 22.7 Å². The first kappa shape index (κ1) is 18.1. The second-order valence-corrected chi connectivity index (χ2v) is 5.38. The van der Waals surface area contributed by atoms with Crippen molar-refractivity contribution in [3.05, 3.63) is 54.1 Å². The van der Waals surface area contributed by atoms with Gasteiger partial charge in [-0.15, -0.1) is 12.4 Å². The summed E-state index contributed by atoms with van der Waals surface area (Å²) < 4.78 is 11.0. The van der Waals surface area contributed by atoms with Crippen LogP contribution in [0.3, 0.4) is 0 Å². The lowest BCUT2D eigenvalue weighted by atomic mass is 9.92. The molecule has 1 amide bonds. The first-order chi connectivity index (χ1) is 11.3. The van der Waals surface area contributed by atoms with Gasteiger partial charge in [0.2, 0.25) is 5.91 Å². The lowest BCUT2D eigenvalue weighted by Gasteiger charge is -2.25. The lowest BCUT2D eigenvalue weighted by molar-refractivity contribution is -0.118. The minimum Gasteiger partial charge on any atom is -0.493 e. The van der Waals surface area contributed by atoms with E-state index in [1.165, 1.54) is 0 Å². The number of anilines is 1. The minimum atomic E-state index is -0.187. The Balaban J connectivity index is 0.00000208. The van der Waals surface area contributed by atoms with Gasteiger partial charge in [-0.2, -0.15) is 0 Å². The number of carbonyl (C=O) groups excluding carboxylic acids is 1. The van der Waals surface area contributed by atoms with E-state index < -0.39 is 0 Å². The number of rotatable bonds is 5. The highest BCUT2D eigenvalue weighted by Crippen LogP contribution is 2.34. The second kappa shape index (κ2) is 8.57. The summed E-state index contributed by atoms with van der Waals surface area (Å²) in [5.41, 5.74) is 7.09. The Kier molecular flexibility index (Phi) is 6.46. The molecule has 6 heteroatoms. The molecule has 0 saturated heterocycles. The predicted octanol–water partition coefficient (Wildman–Crippen LogP) is 2.95. The summed E-state index contributed by atoms with van der Waals surface area (Å²) in [7, 11) is 0. The fraction of sp³-hybridized carbons (Fsp3) is 0.278. The first-order valence-electron chi connectivity index (χ1n) is 7.73. The smallest absolute Gasteiger partial charge is 0.232 e. The van der Waals surface area contributed by atoms with E-state index in [4.69, 9.17) is 15.2 Å². The number of nitrogens with one attached hydrogen (secondary N) is 1. The van der Waals surface area contributed by atoms with Crippen LogP contribution in [0.5, 0.6) is 11.5 Å². The molecule has 2 aromatic rings. The average molecular weight is 349 g/mol. The van der Waals surface area contributed by atoms with Crippen molar-refractivity contribution in [2.45, 2.75) is 12.3 Å². The van der Waals surface area contributed by atoms with E-state index >= 15 is 0 Å². The molecule has 0 bridgehead atoms. The van der Waals surface area contributed by atoms with Crippen LogP contribution in [0.25, 0.3) is 0 Å². The van der Waals surface area contributed by atoms with Gasteiger partial charge in [0.15, 0.2) is 0 Å². The molecule has 0 radical (unpaired) electrons. The van der Waals surface area contributed by atoms with Crippen LogP contribution in [-0.2, 0) is 4.79 Å². The summed E-state index contributed by atoms with van der Waals surface area (Å²) in [4.78, 5) is 12.6. The van der Waals surface area contributed by atoms with Crippen LogP contribution < -0.4 is 20.5 Å². The summed E-state index contributed by atoms with van der Waals surface area (Å²) in [6.45, 7) is 1.51. The van der Waals surface area contributed by atoms with Gasteiger partial charge in [0.1, 0.15) is 18.1 Å². The van der Waals surface area contributed by atoms with Gasteiger partial charge in [-0.05, 0) is 36.8 Å². The molecule has 0 fully saturated rings. The maximum atomic E-state index is 12.6. The van der Waals surface area contributed by atoms with Crippen molar-refractivity contribution >= 4 is 24.0 Å². The van der Waals surface area contributed by atoms with E-state index in [0.29, 0.717) is 26.2 Å². The third-order valence-corrected chi connectivity index (χ3v) is 3.78. The number of hydrogen-bond donors (Lipinski definition) is 2. The van der Waals surface area contributed by atoms with E-state index in [-0.39, 0.29) is 24.2 Å². The number of para-hydroxylation sites is 1. The van der Waals surface area contributed by atoms with Crippen LogP contribution in [0, 0.1) is 0 Å². The normalized spacial score (nSPS) is 15.5. The van der Waals surface area contributed by atoms with Gasteiger partial charge in [0, 0.05) is 17.8 Å². The Morgan fingerprint density at radius 3 is 2.71 bits per heavy atom. The van der Waals surface area contributed by atoms with Gasteiger partial charge in [-0.25, -0.2) is 0 Å². The number of halogens is 1. The molecule has 1 heterocycles. The summed E-state index contributed by atoms with van der Waals surface area (Å²) in [5.74, 6) is 1.33. The van der Waals surface area contributed by atoms with E-state index in [1.807, 2.05) is 48.5 Å². The molecule has 128 valence electrons. The number of benzene rings is 2. The number of amides is 1. The summed E-state index contributed by atoms with van der Waals surface area (Å²) in [6, 6.07) is 15.0. The van der Waals surface area contributed by atoms with Gasteiger partial charge in [0.05, 0.1) is 12.5 Å². The molecule has 3 rings (SSSR count). The molecular formula is C18H21ClN2O3. The van der Waals surface area contributed by atoms with Crippen LogP contribution in [-0.4, -0.2) is 25.7 Å². The molecule has 0 saturated carbocycles. The fourth-order valence-electron chi connectivity index (χ4n) is 2.66. The Labute approximate surface area is 147 Å². The van der Waals surface area contributed by atoms with E-state index in [9.17, 15) is 4.79 Å². The van der Waals surface area contributed by atoms with Gasteiger partial charge in [0.25, 0.3) is 0 Å². The zero-order chi connectivity index (χ0) is 16.1. The maximum absolute atomic E-state index is 12.6. The van der Waals surface area contributed by atoms with Gasteiger partial charge >= 0.3 is 0 Å². The standard InChI is InChI=1S/C18H20N2O3.ClH/c19-10-12-22-14-7-5-13(6-8-14)20-18(21)16-9-11-23-17-4-2-1-3-15(16)17;/h1-8,16H,9-12,19H2,(H,20,21);1H. The zero-order valence-corrected chi connectivity index (χ0v) is 14.1. The van der Waals surface area contributed by atoms with Gasteiger partial charge in [-0.3, -0.25) is 4.79 Å². The van der Waals surface area contributed by atoms with Crippen molar-refractivity contribution in [1.82, 2.24) is 0 Å². The zero-order valence-electron chi connectivity index (χ0n) is 13.2. The molecule has 0 spiro atoms. The molecule has 2 aromatic carbocycles. The molecule has 0 aromatic heterocycles. The number of hydrogen-bond acceptors (Lipinski definition) is 4. The SMILES string of the molecule is Cl.NCCOc1ccc(NC(=O)C2CCOc3ccccc32)cc1. The van der Waals surface area contributed by atoms with Crippen molar-refractivity contribution in [1.29, 1.82) is 0 Å². The van der Waals surface area contributed by atoms with E-state index in [2.05, 4.69) is 5.32 Å². The molecule has 5 nitrogen and oxygen atoms in total. The third kappa shape index (κ3) is 4.19. The quantitative estimate of drug-likeness (QED) is 0.871. The monoisotopic (exact) mass is 348 g/mol. The fourth-order valence-corrected chi connectivity index (χ4v) is 2.66. The van der Waals surface area contributed by atoms with Crippen molar-refractivity contribution in [3.8, 4) is 11.5 Å². The maximum Gasteiger partial charge on any atom is 0.232 e. The van der Waals surface area contributed by atoms with Crippen molar-refractivity contribution in [3.63, 3.8) is 0 Å². The van der Waals surface area contributed by atoms with Crippen molar-refractivity contribution in [2.24, 2.45) is 5.73 Å². The Bertz CT molecular complexity index is 676. The molecule has 1 unspecified atom stereocenters. The molecular weight excluding hydrogens is 328 g/mol. The first-order valence-corrected chi connectivity index (χ1v) is 7.73. The van der Waals surface area contributed by atoms with Gasteiger partial charge < -0.3 is 20.5 Å². The Hall–Kier alpha value is -2.24. The highest BCUT2D eigenvalue weighted by atomic mass is 35.5. The summed E-state index contributed by atoms with van der Waals surface area (Å²) in [5, 5.41) is 2.96. The predicted molar refractivity (Wildman–Crippen MR) is 96.2 cm³/mol. The van der Waals surface area contributed by atoms with Crippen LogP contribution >= 0.6 is 12.4 Å². The summed E-state index contributed by atoms with van der Waals surface area (Å²) in [6.07, 6.45) is 0.681. The average Bonchev–Trinajstić information content (AvgIpc) is 2.60. The number of nitrogens with two attached hydrogens (primary N) is 1. The number of ether oxygens (including phenoxy) is 2. The molecule has 24 heavy (non-hydrogen) atoms. The molecule has 0 aliphatic carbocycles.